The average Bonchev–Trinajstić information content (AvgIpc) is 1.94. The molecular formula is C8H9BrO3S. The quantitative estimate of drug-likeness (QED) is 0.793. The zero-order chi connectivity index (χ0) is 10.2. The standard InChI is InChI=1S/C8H9BrO3S/c1-5-3-6(2)8(9)7(4-5)13(10,11)12/h3-4H,1-2H3,(H,10,11,12). The van der Waals surface area contributed by atoms with Gasteiger partial charge in [0.25, 0.3) is 10.1 Å². The van der Waals surface area contributed by atoms with Gasteiger partial charge >= 0.3 is 0 Å². The fraction of sp³-hybridized carbons (Fsp3) is 0.250. The van der Waals surface area contributed by atoms with E-state index in [0.717, 1.165) is 11.1 Å². The van der Waals surface area contributed by atoms with E-state index >= 15 is 0 Å². The van der Waals surface area contributed by atoms with Crippen molar-refractivity contribution in [2.75, 3.05) is 0 Å². The molecule has 5 heteroatoms. The second-order valence-electron chi connectivity index (χ2n) is 2.87. The molecule has 0 aromatic heterocycles. The predicted molar refractivity (Wildman–Crippen MR) is 53.4 cm³/mol. The smallest absolute Gasteiger partial charge is 0.282 e. The van der Waals surface area contributed by atoms with Crippen LogP contribution in [0.3, 0.4) is 0 Å². The molecule has 0 atom stereocenters. The normalized spacial score (nSPS) is 11.7. The third kappa shape index (κ3) is 2.30. The van der Waals surface area contributed by atoms with E-state index < -0.39 is 10.1 Å². The van der Waals surface area contributed by atoms with E-state index in [1.807, 2.05) is 6.07 Å². The third-order valence-electron chi connectivity index (χ3n) is 1.64. The Labute approximate surface area is 85.7 Å². The summed E-state index contributed by atoms with van der Waals surface area (Å²) in [6.45, 7) is 3.54. The Bertz CT molecular complexity index is 437. The maximum atomic E-state index is 10.9. The molecule has 72 valence electrons. The summed E-state index contributed by atoms with van der Waals surface area (Å²) in [7, 11) is -4.13. The topological polar surface area (TPSA) is 54.4 Å². The molecule has 0 heterocycles. The minimum absolute atomic E-state index is 0.0787. The molecule has 13 heavy (non-hydrogen) atoms. The molecule has 0 amide bonds. The molecule has 0 saturated carbocycles. The Morgan fingerprint density at radius 2 is 1.85 bits per heavy atom. The molecule has 0 aliphatic rings. The summed E-state index contributed by atoms with van der Waals surface area (Å²) in [5, 5.41) is 0. The lowest BCUT2D eigenvalue weighted by molar-refractivity contribution is 0.482. The van der Waals surface area contributed by atoms with Crippen molar-refractivity contribution in [1.29, 1.82) is 0 Å². The monoisotopic (exact) mass is 264 g/mol. The molecule has 0 fully saturated rings. The maximum absolute atomic E-state index is 10.9. The summed E-state index contributed by atoms with van der Waals surface area (Å²) in [6, 6.07) is 3.26. The molecule has 3 nitrogen and oxygen atoms in total. The Hall–Kier alpha value is -0.390. The summed E-state index contributed by atoms with van der Waals surface area (Å²) in [5.74, 6) is 0. The third-order valence-corrected chi connectivity index (χ3v) is 3.84. The van der Waals surface area contributed by atoms with E-state index in [1.54, 1.807) is 13.8 Å². The number of benzene rings is 1. The van der Waals surface area contributed by atoms with Crippen molar-refractivity contribution in [2.45, 2.75) is 18.7 Å². The second-order valence-corrected chi connectivity index (χ2v) is 5.05. The van der Waals surface area contributed by atoms with Gasteiger partial charge in [-0.3, -0.25) is 4.55 Å². The molecule has 1 rings (SSSR count). The highest BCUT2D eigenvalue weighted by Gasteiger charge is 2.15. The van der Waals surface area contributed by atoms with Crippen LogP contribution in [0.25, 0.3) is 0 Å². The number of hydrogen-bond acceptors (Lipinski definition) is 2. The first-order valence-electron chi connectivity index (χ1n) is 3.56. The van der Waals surface area contributed by atoms with Crippen LogP contribution in [0.1, 0.15) is 11.1 Å². The molecule has 1 aromatic carbocycles. The Morgan fingerprint density at radius 3 is 2.31 bits per heavy atom. The lowest BCUT2D eigenvalue weighted by atomic mass is 10.2. The lowest BCUT2D eigenvalue weighted by Gasteiger charge is -2.05. The van der Waals surface area contributed by atoms with Crippen LogP contribution in [0.2, 0.25) is 0 Å². The van der Waals surface area contributed by atoms with Crippen LogP contribution in [-0.2, 0) is 10.1 Å². The zero-order valence-electron chi connectivity index (χ0n) is 7.20. The highest BCUT2D eigenvalue weighted by molar-refractivity contribution is 9.10. The van der Waals surface area contributed by atoms with Gasteiger partial charge in [0.1, 0.15) is 4.90 Å². The van der Waals surface area contributed by atoms with E-state index in [4.69, 9.17) is 4.55 Å². The van der Waals surface area contributed by atoms with Gasteiger partial charge in [-0.05, 0) is 47.0 Å². The van der Waals surface area contributed by atoms with E-state index in [9.17, 15) is 8.42 Å². The predicted octanol–water partition coefficient (Wildman–Crippen LogP) is 2.31. The summed E-state index contributed by atoms with van der Waals surface area (Å²) in [4.78, 5) is -0.0787. The van der Waals surface area contributed by atoms with Crippen molar-refractivity contribution in [3.63, 3.8) is 0 Å². The molecular weight excluding hydrogens is 256 g/mol. The van der Waals surface area contributed by atoms with Crippen molar-refractivity contribution < 1.29 is 13.0 Å². The number of hydrogen-bond donors (Lipinski definition) is 1. The zero-order valence-corrected chi connectivity index (χ0v) is 9.61. The van der Waals surface area contributed by atoms with Crippen molar-refractivity contribution in [1.82, 2.24) is 0 Å². The molecule has 0 spiro atoms. The molecule has 0 unspecified atom stereocenters. The number of rotatable bonds is 1. The van der Waals surface area contributed by atoms with Crippen LogP contribution in [-0.4, -0.2) is 13.0 Å². The van der Waals surface area contributed by atoms with Crippen LogP contribution in [0.5, 0.6) is 0 Å². The molecule has 0 aliphatic carbocycles. The molecule has 0 bridgehead atoms. The van der Waals surface area contributed by atoms with Crippen LogP contribution >= 0.6 is 15.9 Å². The molecule has 0 radical (unpaired) electrons. The van der Waals surface area contributed by atoms with E-state index in [1.165, 1.54) is 6.07 Å². The molecule has 0 aliphatic heterocycles. The summed E-state index contributed by atoms with van der Waals surface area (Å²) < 4.78 is 31.0. The number of halogens is 1. The van der Waals surface area contributed by atoms with Gasteiger partial charge in [-0.2, -0.15) is 8.42 Å². The minimum atomic E-state index is -4.13. The van der Waals surface area contributed by atoms with Crippen molar-refractivity contribution in [3.05, 3.63) is 27.7 Å². The van der Waals surface area contributed by atoms with Crippen molar-refractivity contribution in [3.8, 4) is 0 Å². The second kappa shape index (κ2) is 3.40. The maximum Gasteiger partial charge on any atom is 0.295 e. The van der Waals surface area contributed by atoms with Crippen LogP contribution in [0.15, 0.2) is 21.5 Å². The highest BCUT2D eigenvalue weighted by Crippen LogP contribution is 2.26. The van der Waals surface area contributed by atoms with E-state index in [0.29, 0.717) is 4.47 Å². The van der Waals surface area contributed by atoms with Gasteiger partial charge in [-0.1, -0.05) is 6.07 Å². The molecule has 1 N–H and O–H groups in total. The van der Waals surface area contributed by atoms with Gasteiger partial charge in [0.15, 0.2) is 0 Å². The summed E-state index contributed by atoms with van der Waals surface area (Å²) in [5.41, 5.74) is 1.58. The van der Waals surface area contributed by atoms with Gasteiger partial charge in [0.2, 0.25) is 0 Å². The Morgan fingerprint density at radius 1 is 1.31 bits per heavy atom. The fourth-order valence-electron chi connectivity index (χ4n) is 1.10. The van der Waals surface area contributed by atoms with Crippen molar-refractivity contribution >= 4 is 26.0 Å². The van der Waals surface area contributed by atoms with E-state index in [2.05, 4.69) is 15.9 Å². The van der Waals surface area contributed by atoms with E-state index in [-0.39, 0.29) is 4.90 Å². The average molecular weight is 265 g/mol. The first-order valence-corrected chi connectivity index (χ1v) is 5.80. The summed E-state index contributed by atoms with van der Waals surface area (Å²) in [6.07, 6.45) is 0. The number of aryl methyl sites for hydroxylation is 2. The first-order chi connectivity index (χ1) is 5.82. The first kappa shape index (κ1) is 10.7. The van der Waals surface area contributed by atoms with Gasteiger partial charge in [-0.25, -0.2) is 0 Å². The van der Waals surface area contributed by atoms with Gasteiger partial charge in [0, 0.05) is 4.47 Å². The van der Waals surface area contributed by atoms with Gasteiger partial charge < -0.3 is 0 Å². The molecule has 1 aromatic rings. The lowest BCUT2D eigenvalue weighted by Crippen LogP contribution is -2.00. The largest absolute Gasteiger partial charge is 0.295 e. The Balaban J connectivity index is 3.56. The van der Waals surface area contributed by atoms with Crippen LogP contribution < -0.4 is 0 Å². The molecule has 0 saturated heterocycles. The summed E-state index contributed by atoms with van der Waals surface area (Å²) >= 11 is 3.11. The van der Waals surface area contributed by atoms with Crippen molar-refractivity contribution in [2.24, 2.45) is 0 Å². The SMILES string of the molecule is Cc1cc(C)c(Br)c(S(=O)(=O)O)c1. The van der Waals surface area contributed by atoms with Gasteiger partial charge in [0.05, 0.1) is 0 Å². The fourth-order valence-corrected chi connectivity index (χ4v) is 2.66. The highest BCUT2D eigenvalue weighted by atomic mass is 79.9. The van der Waals surface area contributed by atoms with Crippen LogP contribution in [0, 0.1) is 13.8 Å². The van der Waals surface area contributed by atoms with Crippen LogP contribution in [0.4, 0.5) is 0 Å². The van der Waals surface area contributed by atoms with Gasteiger partial charge in [-0.15, -0.1) is 0 Å². The minimum Gasteiger partial charge on any atom is -0.282 e. The Kier molecular flexibility index (Phi) is 2.79.